The minimum absolute atomic E-state index is 0.0327. The van der Waals surface area contributed by atoms with Gasteiger partial charge in [0.25, 0.3) is 5.91 Å². The second kappa shape index (κ2) is 9.13. The minimum atomic E-state index is -4.46. The second-order valence-corrected chi connectivity index (χ2v) is 9.32. The van der Waals surface area contributed by atoms with Gasteiger partial charge in [-0.1, -0.05) is 24.3 Å². The van der Waals surface area contributed by atoms with Crippen molar-refractivity contribution in [3.8, 4) is 5.75 Å². The van der Waals surface area contributed by atoms with E-state index in [1.165, 1.54) is 29.3 Å². The maximum Gasteiger partial charge on any atom is 0.393 e. The van der Waals surface area contributed by atoms with E-state index in [1.54, 1.807) is 4.90 Å². The number of benzene rings is 2. The van der Waals surface area contributed by atoms with Gasteiger partial charge < -0.3 is 15.1 Å². The maximum absolute atomic E-state index is 13.1. The molecule has 3 aromatic rings. The van der Waals surface area contributed by atoms with E-state index in [0.717, 1.165) is 25.7 Å². The normalized spacial score (nSPS) is 21.2. The van der Waals surface area contributed by atoms with Gasteiger partial charge in [-0.05, 0) is 42.2 Å². The largest absolute Gasteiger partial charge is 0.507 e. The number of pyridine rings is 1. The third-order valence-corrected chi connectivity index (χ3v) is 7.02. The molecule has 184 valence electrons. The molecule has 0 unspecified atom stereocenters. The highest BCUT2D eigenvalue weighted by Crippen LogP contribution is 2.33. The first-order chi connectivity index (χ1) is 16.7. The number of likely N-dealkylation sites (tertiary alicyclic amines) is 1. The van der Waals surface area contributed by atoms with Crippen LogP contribution >= 0.6 is 0 Å². The van der Waals surface area contributed by atoms with Gasteiger partial charge >= 0.3 is 6.18 Å². The van der Waals surface area contributed by atoms with Crippen LogP contribution < -0.4 is 0 Å². The van der Waals surface area contributed by atoms with E-state index in [9.17, 15) is 28.2 Å². The summed E-state index contributed by atoms with van der Waals surface area (Å²) < 4.78 is 38.2. The number of alkyl halides is 3. The first-order valence-electron chi connectivity index (χ1n) is 11.6. The molecule has 2 atom stereocenters. The number of aliphatic hydroxyl groups is 1. The average molecular weight is 486 g/mol. The van der Waals surface area contributed by atoms with Crippen LogP contribution in [0, 0.1) is 0 Å². The van der Waals surface area contributed by atoms with Crippen molar-refractivity contribution in [2.75, 3.05) is 19.6 Å². The van der Waals surface area contributed by atoms with E-state index in [1.807, 2.05) is 12.1 Å². The van der Waals surface area contributed by atoms with Crippen molar-refractivity contribution in [3.05, 3.63) is 70.9 Å². The van der Waals surface area contributed by atoms with Crippen LogP contribution in [0.25, 0.3) is 10.9 Å². The van der Waals surface area contributed by atoms with Crippen molar-refractivity contribution in [1.82, 2.24) is 14.8 Å². The van der Waals surface area contributed by atoms with Gasteiger partial charge in [0.05, 0.1) is 18.0 Å². The number of carbonyl (C=O) groups is 1. The molecule has 6 nitrogen and oxygen atoms in total. The number of amides is 1. The summed E-state index contributed by atoms with van der Waals surface area (Å²) in [5.74, 6) is -0.764. The van der Waals surface area contributed by atoms with Gasteiger partial charge in [0.1, 0.15) is 5.75 Å². The molecule has 0 bridgehead atoms. The molecule has 3 heterocycles. The van der Waals surface area contributed by atoms with Gasteiger partial charge in [-0.25, -0.2) is 0 Å². The molecule has 0 radical (unpaired) electrons. The summed E-state index contributed by atoms with van der Waals surface area (Å²) in [6.45, 7) is 2.33. The van der Waals surface area contributed by atoms with Gasteiger partial charge in [0.15, 0.2) is 0 Å². The molecule has 9 heteroatoms. The third-order valence-electron chi connectivity index (χ3n) is 7.02. The minimum Gasteiger partial charge on any atom is -0.507 e. The van der Waals surface area contributed by atoms with Gasteiger partial charge in [0, 0.05) is 54.9 Å². The summed E-state index contributed by atoms with van der Waals surface area (Å²) in [4.78, 5) is 21.1. The zero-order valence-corrected chi connectivity index (χ0v) is 19.0. The average Bonchev–Trinajstić information content (AvgIpc) is 2.84. The lowest BCUT2D eigenvalue weighted by molar-refractivity contribution is -0.127. The number of rotatable bonds is 3. The van der Waals surface area contributed by atoms with Crippen LogP contribution in [-0.4, -0.2) is 68.9 Å². The maximum atomic E-state index is 13.1. The standard InChI is InChI=1S/C26H26F3N3O3/c27-26(28,29)12-19-13-30-21-11-17(5-6-20(21)24(19)34)25(35)32-10-8-22(23(33)15-32)31-9-7-16-3-1-2-4-18(16)14-31/h1-6,11,13,22-23,33H,7-10,12,14-15H2,(H,30,34)/t22-,23-/m0/s1. The van der Waals surface area contributed by atoms with Crippen LogP contribution in [-0.2, 0) is 19.4 Å². The van der Waals surface area contributed by atoms with Crippen molar-refractivity contribution in [2.24, 2.45) is 0 Å². The van der Waals surface area contributed by atoms with Crippen LogP contribution in [0.3, 0.4) is 0 Å². The number of piperidine rings is 1. The Hall–Kier alpha value is -3.17. The molecule has 2 aliphatic heterocycles. The fraction of sp³-hybridized carbons (Fsp3) is 0.385. The number of aromatic hydroxyl groups is 1. The number of aliphatic hydroxyl groups excluding tert-OH is 1. The van der Waals surface area contributed by atoms with Crippen LogP contribution in [0.4, 0.5) is 13.2 Å². The summed E-state index contributed by atoms with van der Waals surface area (Å²) in [7, 11) is 0. The van der Waals surface area contributed by atoms with Gasteiger partial charge in [-0.15, -0.1) is 0 Å². The van der Waals surface area contributed by atoms with E-state index < -0.39 is 24.5 Å². The van der Waals surface area contributed by atoms with Crippen LogP contribution in [0.2, 0.25) is 0 Å². The Bertz CT molecular complexity index is 1260. The lowest BCUT2D eigenvalue weighted by Crippen LogP contribution is -2.56. The molecule has 1 fully saturated rings. The fourth-order valence-corrected chi connectivity index (χ4v) is 5.21. The highest BCUT2D eigenvalue weighted by Gasteiger charge is 2.35. The number of halogens is 3. The van der Waals surface area contributed by atoms with Crippen molar-refractivity contribution in [3.63, 3.8) is 0 Å². The predicted molar refractivity (Wildman–Crippen MR) is 124 cm³/mol. The molecule has 0 spiro atoms. The molecule has 2 N–H and O–H groups in total. The van der Waals surface area contributed by atoms with Crippen LogP contribution in [0.5, 0.6) is 5.75 Å². The number of hydrogen-bond donors (Lipinski definition) is 2. The Morgan fingerprint density at radius 3 is 2.63 bits per heavy atom. The summed E-state index contributed by atoms with van der Waals surface area (Å²) in [5.41, 5.74) is 2.85. The first kappa shape index (κ1) is 23.6. The quantitative estimate of drug-likeness (QED) is 0.592. The Morgan fingerprint density at radius 2 is 1.89 bits per heavy atom. The molecule has 1 amide bonds. The van der Waals surface area contributed by atoms with Crippen molar-refractivity contribution < 1.29 is 28.2 Å². The lowest BCUT2D eigenvalue weighted by atomic mass is 9.94. The Balaban J connectivity index is 1.28. The number of hydrogen-bond acceptors (Lipinski definition) is 5. The Kier molecular flexibility index (Phi) is 6.14. The number of fused-ring (bicyclic) bond motifs is 2. The van der Waals surface area contributed by atoms with Crippen molar-refractivity contribution in [2.45, 2.75) is 44.1 Å². The lowest BCUT2D eigenvalue weighted by Gasteiger charge is -2.43. The van der Waals surface area contributed by atoms with E-state index in [2.05, 4.69) is 22.0 Å². The predicted octanol–water partition coefficient (Wildman–Crippen LogP) is 3.68. The van der Waals surface area contributed by atoms with Crippen LogP contribution in [0.15, 0.2) is 48.7 Å². The molecule has 1 saturated heterocycles. The van der Waals surface area contributed by atoms with Crippen molar-refractivity contribution >= 4 is 16.8 Å². The van der Waals surface area contributed by atoms with E-state index in [4.69, 9.17) is 0 Å². The highest BCUT2D eigenvalue weighted by atomic mass is 19.4. The van der Waals surface area contributed by atoms with Crippen molar-refractivity contribution in [1.29, 1.82) is 0 Å². The number of aromatic nitrogens is 1. The van der Waals surface area contributed by atoms with E-state index >= 15 is 0 Å². The molecule has 5 rings (SSSR count). The van der Waals surface area contributed by atoms with Gasteiger partial charge in [-0.2, -0.15) is 13.2 Å². The molecule has 0 aliphatic carbocycles. The van der Waals surface area contributed by atoms with E-state index in [0.29, 0.717) is 18.5 Å². The monoisotopic (exact) mass is 485 g/mol. The molecular weight excluding hydrogens is 459 g/mol. The molecule has 2 aliphatic rings. The SMILES string of the molecule is O=C(c1ccc2c(O)c(CC(F)(F)F)cnc2c1)N1CC[C@H](N2CCc3ccccc3C2)[C@@H](O)C1. The van der Waals surface area contributed by atoms with Gasteiger partial charge in [0.2, 0.25) is 0 Å². The molecular formula is C26H26F3N3O3. The highest BCUT2D eigenvalue weighted by molar-refractivity contribution is 5.99. The zero-order chi connectivity index (χ0) is 24.7. The van der Waals surface area contributed by atoms with Crippen LogP contribution in [0.1, 0.15) is 33.5 Å². The molecule has 35 heavy (non-hydrogen) atoms. The topological polar surface area (TPSA) is 76.9 Å². The number of β-amino-alcohol motifs (C(OH)–C–C–N with tert-alkyl or cyclic N) is 1. The molecule has 0 saturated carbocycles. The summed E-state index contributed by atoms with van der Waals surface area (Å²) in [6, 6.07) is 12.6. The summed E-state index contributed by atoms with van der Waals surface area (Å²) in [5, 5.41) is 21.3. The third kappa shape index (κ3) is 4.83. The smallest absolute Gasteiger partial charge is 0.393 e. The second-order valence-electron chi connectivity index (χ2n) is 9.32. The summed E-state index contributed by atoms with van der Waals surface area (Å²) >= 11 is 0. The first-order valence-corrected chi connectivity index (χ1v) is 11.6. The van der Waals surface area contributed by atoms with E-state index in [-0.39, 0.29) is 35.0 Å². The van der Waals surface area contributed by atoms with Gasteiger partial charge in [-0.3, -0.25) is 14.7 Å². The fourth-order valence-electron chi connectivity index (χ4n) is 5.21. The number of nitrogens with zero attached hydrogens (tertiary/aromatic N) is 3. The molecule has 1 aromatic heterocycles. The Morgan fingerprint density at radius 1 is 1.11 bits per heavy atom. The summed E-state index contributed by atoms with van der Waals surface area (Å²) in [6.07, 6.45) is -3.87. The zero-order valence-electron chi connectivity index (χ0n) is 19.0. The number of carbonyl (C=O) groups excluding carboxylic acids is 1. The Labute approximate surface area is 200 Å². The molecule has 2 aromatic carbocycles.